The fourth-order valence-corrected chi connectivity index (χ4v) is 3.83. The van der Waals surface area contributed by atoms with Crippen molar-refractivity contribution < 1.29 is 0 Å². The molecule has 0 fully saturated rings. The zero-order valence-corrected chi connectivity index (χ0v) is 18.8. The van der Waals surface area contributed by atoms with Crippen LogP contribution in [0.1, 0.15) is 11.1 Å². The van der Waals surface area contributed by atoms with Gasteiger partial charge in [0.1, 0.15) is 0 Å². The first-order chi connectivity index (χ1) is 16.8. The van der Waals surface area contributed by atoms with Crippen LogP contribution in [0.2, 0.25) is 0 Å². The molecular formula is C32H24N2. The summed E-state index contributed by atoms with van der Waals surface area (Å²) in [6.07, 6.45) is 3.80. The highest BCUT2D eigenvalue weighted by atomic mass is 14.8. The molecule has 0 aliphatic rings. The molecule has 0 amide bonds. The van der Waals surface area contributed by atoms with Gasteiger partial charge < -0.3 is 0 Å². The van der Waals surface area contributed by atoms with Crippen LogP contribution in [0.4, 0.5) is 11.4 Å². The van der Waals surface area contributed by atoms with Gasteiger partial charge in [-0.1, -0.05) is 109 Å². The van der Waals surface area contributed by atoms with Crippen molar-refractivity contribution in [1.82, 2.24) is 0 Å². The number of para-hydroxylation sites is 2. The number of hydrogen-bond donors (Lipinski definition) is 0. The van der Waals surface area contributed by atoms with E-state index in [1.807, 2.05) is 48.8 Å². The van der Waals surface area contributed by atoms with E-state index in [4.69, 9.17) is 9.98 Å². The smallest absolute Gasteiger partial charge is 0.0886 e. The molecule has 5 aromatic rings. The predicted molar refractivity (Wildman–Crippen MR) is 145 cm³/mol. The summed E-state index contributed by atoms with van der Waals surface area (Å²) in [5, 5.41) is 0. The summed E-state index contributed by atoms with van der Waals surface area (Å²) < 4.78 is 0. The van der Waals surface area contributed by atoms with E-state index in [0.717, 1.165) is 22.5 Å². The topological polar surface area (TPSA) is 24.7 Å². The number of benzene rings is 5. The third-order valence-corrected chi connectivity index (χ3v) is 5.57. The van der Waals surface area contributed by atoms with Crippen molar-refractivity contribution in [1.29, 1.82) is 0 Å². The first kappa shape index (κ1) is 21.3. The molecule has 0 unspecified atom stereocenters. The molecule has 0 heterocycles. The van der Waals surface area contributed by atoms with Crippen LogP contribution in [-0.2, 0) is 0 Å². The summed E-state index contributed by atoms with van der Waals surface area (Å²) in [4.78, 5) is 9.50. The molecule has 5 aromatic carbocycles. The molecule has 0 atom stereocenters. The molecule has 0 N–H and O–H groups in total. The minimum atomic E-state index is 0.836. The minimum absolute atomic E-state index is 0.836. The van der Waals surface area contributed by atoms with E-state index in [2.05, 4.69) is 97.1 Å². The Morgan fingerprint density at radius 2 is 0.735 bits per heavy atom. The van der Waals surface area contributed by atoms with Crippen molar-refractivity contribution in [3.63, 3.8) is 0 Å². The van der Waals surface area contributed by atoms with E-state index in [9.17, 15) is 0 Å². The Labute approximate surface area is 200 Å². The first-order valence-corrected chi connectivity index (χ1v) is 11.3. The van der Waals surface area contributed by atoms with Gasteiger partial charge in [-0.15, -0.1) is 0 Å². The highest BCUT2D eigenvalue weighted by Crippen LogP contribution is 2.28. The van der Waals surface area contributed by atoms with E-state index in [0.29, 0.717) is 0 Å². The Bertz CT molecular complexity index is 1320. The van der Waals surface area contributed by atoms with Crippen LogP contribution in [-0.4, -0.2) is 12.4 Å². The molecule has 162 valence electrons. The van der Waals surface area contributed by atoms with Crippen LogP contribution in [0.15, 0.2) is 143 Å². The van der Waals surface area contributed by atoms with Crippen LogP contribution in [0, 0.1) is 0 Å². The van der Waals surface area contributed by atoms with Crippen molar-refractivity contribution in [3.05, 3.63) is 145 Å². The quantitative estimate of drug-likeness (QED) is 0.238. The normalized spacial score (nSPS) is 11.3. The predicted octanol–water partition coefficient (Wildman–Crippen LogP) is 8.52. The summed E-state index contributed by atoms with van der Waals surface area (Å²) >= 11 is 0. The third-order valence-electron chi connectivity index (χ3n) is 5.57. The van der Waals surface area contributed by atoms with E-state index in [1.54, 1.807) is 0 Å². The average molecular weight is 437 g/mol. The summed E-state index contributed by atoms with van der Waals surface area (Å²) in [5.41, 5.74) is 8.52. The molecule has 2 nitrogen and oxygen atoms in total. The summed E-state index contributed by atoms with van der Waals surface area (Å²) in [7, 11) is 0. The second kappa shape index (κ2) is 10.4. The van der Waals surface area contributed by atoms with Crippen molar-refractivity contribution in [3.8, 4) is 22.3 Å². The molecule has 0 aliphatic carbocycles. The molecule has 0 radical (unpaired) electrons. The highest BCUT2D eigenvalue weighted by molar-refractivity contribution is 5.88. The van der Waals surface area contributed by atoms with Crippen molar-refractivity contribution >= 4 is 23.8 Å². The third kappa shape index (κ3) is 5.25. The van der Waals surface area contributed by atoms with Crippen LogP contribution in [0.3, 0.4) is 0 Å². The minimum Gasteiger partial charge on any atom is -0.254 e. The Morgan fingerprint density at radius 1 is 0.353 bits per heavy atom. The summed E-state index contributed by atoms with van der Waals surface area (Å²) in [6, 6.07) is 45.5. The number of rotatable bonds is 6. The van der Waals surface area contributed by atoms with Crippen LogP contribution < -0.4 is 0 Å². The molecule has 0 bridgehead atoms. The van der Waals surface area contributed by atoms with Gasteiger partial charge in [-0.25, -0.2) is 0 Å². The van der Waals surface area contributed by atoms with Gasteiger partial charge in [-0.05, 0) is 57.6 Å². The van der Waals surface area contributed by atoms with E-state index in [-0.39, 0.29) is 0 Å². The molecule has 0 spiro atoms. The molecule has 2 heteroatoms. The lowest BCUT2D eigenvalue weighted by Crippen LogP contribution is -1.84. The average Bonchev–Trinajstić information content (AvgIpc) is 2.92. The SMILES string of the molecule is C(=Nc1ccccc1N=Cc1cccc(-c2ccccc2)c1)c1cccc(-c2ccccc2)c1. The first-order valence-electron chi connectivity index (χ1n) is 11.3. The van der Waals surface area contributed by atoms with Gasteiger partial charge in [0.15, 0.2) is 0 Å². The Balaban J connectivity index is 1.38. The Morgan fingerprint density at radius 3 is 1.18 bits per heavy atom. The highest BCUT2D eigenvalue weighted by Gasteiger charge is 2.01. The number of hydrogen-bond acceptors (Lipinski definition) is 2. The van der Waals surface area contributed by atoms with Crippen LogP contribution >= 0.6 is 0 Å². The monoisotopic (exact) mass is 436 g/mol. The van der Waals surface area contributed by atoms with Crippen molar-refractivity contribution in [2.24, 2.45) is 9.98 Å². The van der Waals surface area contributed by atoms with Gasteiger partial charge in [0.2, 0.25) is 0 Å². The van der Waals surface area contributed by atoms with Crippen LogP contribution in [0.25, 0.3) is 22.3 Å². The van der Waals surface area contributed by atoms with Gasteiger partial charge >= 0.3 is 0 Å². The Hall–Kier alpha value is -4.56. The Kier molecular flexibility index (Phi) is 6.50. The van der Waals surface area contributed by atoms with Crippen LogP contribution in [0.5, 0.6) is 0 Å². The standard InChI is InChI=1S/C32H24N2/c1-3-13-27(14-4-1)29-17-9-11-25(21-29)23-33-31-19-7-8-20-32(31)34-24-26-12-10-18-30(22-26)28-15-5-2-6-16-28/h1-24H. The lowest BCUT2D eigenvalue weighted by atomic mass is 10.0. The second-order valence-corrected chi connectivity index (χ2v) is 7.99. The van der Waals surface area contributed by atoms with Gasteiger partial charge in [-0.2, -0.15) is 0 Å². The fraction of sp³-hybridized carbons (Fsp3) is 0. The maximum absolute atomic E-state index is 4.75. The molecule has 34 heavy (non-hydrogen) atoms. The van der Waals surface area contributed by atoms with E-state index < -0.39 is 0 Å². The zero-order valence-electron chi connectivity index (χ0n) is 18.8. The number of aliphatic imine (C=N–C) groups is 2. The largest absolute Gasteiger partial charge is 0.254 e. The molecule has 0 saturated heterocycles. The van der Waals surface area contributed by atoms with Crippen molar-refractivity contribution in [2.45, 2.75) is 0 Å². The molecule has 0 aromatic heterocycles. The molecule has 0 aliphatic heterocycles. The fourth-order valence-electron chi connectivity index (χ4n) is 3.83. The zero-order chi connectivity index (χ0) is 23.0. The van der Waals surface area contributed by atoms with Gasteiger partial charge in [0.05, 0.1) is 11.4 Å². The summed E-state index contributed by atoms with van der Waals surface area (Å²) in [5.74, 6) is 0. The molecule has 5 rings (SSSR count). The van der Waals surface area contributed by atoms with Crippen molar-refractivity contribution in [2.75, 3.05) is 0 Å². The van der Waals surface area contributed by atoms with Gasteiger partial charge in [-0.3, -0.25) is 9.98 Å². The van der Waals surface area contributed by atoms with Gasteiger partial charge in [0, 0.05) is 12.4 Å². The number of nitrogens with zero attached hydrogens (tertiary/aromatic N) is 2. The van der Waals surface area contributed by atoms with E-state index in [1.165, 1.54) is 22.3 Å². The maximum Gasteiger partial charge on any atom is 0.0886 e. The second-order valence-electron chi connectivity index (χ2n) is 7.99. The lowest BCUT2D eigenvalue weighted by molar-refractivity contribution is 1.45. The van der Waals surface area contributed by atoms with Gasteiger partial charge in [0.25, 0.3) is 0 Å². The van der Waals surface area contributed by atoms with E-state index >= 15 is 0 Å². The molecule has 0 saturated carbocycles. The maximum atomic E-state index is 4.75. The lowest BCUT2D eigenvalue weighted by Gasteiger charge is -2.04. The molecular weight excluding hydrogens is 412 g/mol. The summed E-state index contributed by atoms with van der Waals surface area (Å²) in [6.45, 7) is 0.